The maximum Gasteiger partial charge on any atom is 0.410 e. The molecular formula is C25H29F2NO5S. The number of amides is 1. The number of rotatable bonds is 10. The van der Waals surface area contributed by atoms with Crippen molar-refractivity contribution in [3.8, 4) is 0 Å². The summed E-state index contributed by atoms with van der Waals surface area (Å²) in [4.78, 5) is 25.9. The average molecular weight is 494 g/mol. The van der Waals surface area contributed by atoms with Crippen molar-refractivity contribution >= 4 is 23.4 Å². The second-order valence-electron chi connectivity index (χ2n) is 8.57. The number of aliphatic hydroxyl groups excluding tert-OH is 1. The molecule has 1 amide bonds. The van der Waals surface area contributed by atoms with Crippen LogP contribution in [0.5, 0.6) is 0 Å². The number of aromatic carboxylic acids is 1. The van der Waals surface area contributed by atoms with Crippen LogP contribution >= 0.6 is 11.3 Å². The number of carbonyl (C=O) groups excluding carboxylic acids is 1. The summed E-state index contributed by atoms with van der Waals surface area (Å²) in [6, 6.07) is 8.85. The zero-order valence-electron chi connectivity index (χ0n) is 19.1. The first-order valence-corrected chi connectivity index (χ1v) is 12.0. The molecule has 2 heterocycles. The summed E-state index contributed by atoms with van der Waals surface area (Å²) in [6.07, 6.45) is 1.46. The van der Waals surface area contributed by atoms with E-state index in [2.05, 4.69) is 0 Å². The van der Waals surface area contributed by atoms with E-state index in [1.165, 1.54) is 34.4 Å². The molecule has 184 valence electrons. The Morgan fingerprint density at radius 1 is 1.32 bits per heavy atom. The molecule has 9 heteroatoms. The highest BCUT2D eigenvalue weighted by Gasteiger charge is 2.39. The number of carboxylic acids is 1. The van der Waals surface area contributed by atoms with E-state index in [9.17, 15) is 23.5 Å². The summed E-state index contributed by atoms with van der Waals surface area (Å²) in [5, 5.41) is 19.3. The maximum atomic E-state index is 14.9. The number of thiophene rings is 1. The predicted octanol–water partition coefficient (Wildman–Crippen LogP) is 5.42. The summed E-state index contributed by atoms with van der Waals surface area (Å²) in [6.45, 7) is 4.30. The summed E-state index contributed by atoms with van der Waals surface area (Å²) < 4.78 is 35.0. The highest BCUT2D eigenvalue weighted by molar-refractivity contribution is 7.13. The third-order valence-corrected chi connectivity index (χ3v) is 6.93. The molecular weight excluding hydrogens is 464 g/mol. The summed E-state index contributed by atoms with van der Waals surface area (Å²) >= 11 is 1.18. The van der Waals surface area contributed by atoms with E-state index >= 15 is 0 Å². The van der Waals surface area contributed by atoms with Crippen molar-refractivity contribution in [2.45, 2.75) is 57.1 Å². The quantitative estimate of drug-likeness (QED) is 0.432. The molecule has 1 aliphatic rings. The number of ether oxygens (including phenoxy) is 1. The average Bonchev–Trinajstić information content (AvgIpc) is 3.28. The van der Waals surface area contributed by atoms with Crippen LogP contribution in [-0.4, -0.2) is 52.5 Å². The number of alkyl halides is 2. The molecule has 1 aliphatic heterocycles. The van der Waals surface area contributed by atoms with Crippen molar-refractivity contribution in [3.05, 3.63) is 69.4 Å². The van der Waals surface area contributed by atoms with Crippen molar-refractivity contribution in [2.75, 3.05) is 13.2 Å². The first kappa shape index (κ1) is 25.8. The third kappa shape index (κ3) is 6.21. The van der Waals surface area contributed by atoms with Gasteiger partial charge in [-0.05, 0) is 42.5 Å². The minimum Gasteiger partial charge on any atom is -0.477 e. The van der Waals surface area contributed by atoms with Gasteiger partial charge in [-0.3, -0.25) is 0 Å². The lowest BCUT2D eigenvalue weighted by molar-refractivity contribution is -0.0930. The Bertz CT molecular complexity index is 1040. The largest absolute Gasteiger partial charge is 0.477 e. The second-order valence-corrected chi connectivity index (χ2v) is 9.74. The molecule has 1 fully saturated rings. The van der Waals surface area contributed by atoms with Crippen molar-refractivity contribution in [1.82, 2.24) is 4.90 Å². The van der Waals surface area contributed by atoms with Gasteiger partial charge in [-0.25, -0.2) is 9.59 Å². The first-order chi connectivity index (χ1) is 16.1. The van der Waals surface area contributed by atoms with E-state index in [4.69, 9.17) is 9.84 Å². The van der Waals surface area contributed by atoms with Gasteiger partial charge in [0.1, 0.15) is 11.0 Å². The number of nitrogens with zero attached hydrogens (tertiary/aromatic N) is 1. The Morgan fingerprint density at radius 3 is 2.76 bits per heavy atom. The number of cyclic esters (lactones) is 1. The molecule has 34 heavy (non-hydrogen) atoms. The van der Waals surface area contributed by atoms with Gasteiger partial charge in [0, 0.05) is 23.4 Å². The van der Waals surface area contributed by atoms with E-state index in [1.54, 1.807) is 24.3 Å². The van der Waals surface area contributed by atoms with Crippen molar-refractivity contribution < 1.29 is 33.3 Å². The number of carbonyl (C=O) groups is 2. The number of halogens is 2. The molecule has 0 saturated carbocycles. The molecule has 0 radical (unpaired) electrons. The monoisotopic (exact) mass is 493 g/mol. The predicted molar refractivity (Wildman–Crippen MR) is 126 cm³/mol. The number of aliphatic hydroxyl groups is 1. The van der Waals surface area contributed by atoms with Crippen molar-refractivity contribution in [2.24, 2.45) is 0 Å². The van der Waals surface area contributed by atoms with Crippen molar-refractivity contribution in [1.29, 1.82) is 0 Å². The van der Waals surface area contributed by atoms with Crippen molar-refractivity contribution in [3.63, 3.8) is 0 Å². The maximum absolute atomic E-state index is 14.9. The Kier molecular flexibility index (Phi) is 8.43. The van der Waals surface area contributed by atoms with Gasteiger partial charge in [0.15, 0.2) is 0 Å². The van der Waals surface area contributed by atoms with Crippen LogP contribution < -0.4 is 0 Å². The van der Waals surface area contributed by atoms with Gasteiger partial charge in [0.2, 0.25) is 0 Å². The van der Waals surface area contributed by atoms with Gasteiger partial charge in [0.25, 0.3) is 0 Å². The zero-order chi connectivity index (χ0) is 24.9. The zero-order valence-corrected chi connectivity index (χ0v) is 19.9. The van der Waals surface area contributed by atoms with Crippen LogP contribution in [0.4, 0.5) is 13.6 Å². The molecule has 0 unspecified atom stereocenters. The minimum atomic E-state index is -3.48. The van der Waals surface area contributed by atoms with Crippen LogP contribution in [0.15, 0.2) is 48.6 Å². The Balaban J connectivity index is 1.65. The summed E-state index contributed by atoms with van der Waals surface area (Å²) in [5.74, 6) is -4.38. The molecule has 2 atom stereocenters. The fraction of sp³-hybridized carbons (Fsp3) is 0.440. The van der Waals surface area contributed by atoms with E-state index in [0.29, 0.717) is 25.8 Å². The van der Waals surface area contributed by atoms with Crippen LogP contribution in [0.2, 0.25) is 0 Å². The molecule has 6 nitrogen and oxygen atoms in total. The molecule has 2 aromatic rings. The standard InChI is InChI=1S/C25H29F2NO5S/c1-16(2)17-5-3-6-18(15-17)25(26,27)22(29)11-8-19-12-14-33-24(32)28(19)13-4-7-20-9-10-21(34-20)23(30)31/h3,5-6,8-11,15-16,19,22,29H,4,7,12-14H2,1-2H3,(H,30,31)/b11-8+/t19-,22+/m0/s1. The fourth-order valence-electron chi connectivity index (χ4n) is 3.78. The lowest BCUT2D eigenvalue weighted by Crippen LogP contribution is -2.45. The Labute approximate surface area is 201 Å². The van der Waals surface area contributed by atoms with Crippen LogP contribution in [0.25, 0.3) is 0 Å². The fourth-order valence-corrected chi connectivity index (χ4v) is 4.67. The van der Waals surface area contributed by atoms with Crippen LogP contribution in [-0.2, 0) is 17.1 Å². The van der Waals surface area contributed by atoms with Crippen LogP contribution in [0.1, 0.15) is 58.3 Å². The highest BCUT2D eigenvalue weighted by Crippen LogP contribution is 2.34. The van der Waals surface area contributed by atoms with E-state index in [0.717, 1.165) is 16.5 Å². The number of benzene rings is 1. The number of carboxylic acid groups (broad SMARTS) is 1. The lowest BCUT2D eigenvalue weighted by atomic mass is 9.95. The van der Waals surface area contributed by atoms with Gasteiger partial charge >= 0.3 is 18.0 Å². The summed E-state index contributed by atoms with van der Waals surface area (Å²) in [7, 11) is 0. The van der Waals surface area contributed by atoms with Gasteiger partial charge in [-0.1, -0.05) is 44.2 Å². The highest BCUT2D eigenvalue weighted by atomic mass is 32.1. The minimum absolute atomic E-state index is 0.0788. The molecule has 2 N–H and O–H groups in total. The first-order valence-electron chi connectivity index (χ1n) is 11.2. The molecule has 0 bridgehead atoms. The Hall–Kier alpha value is -2.78. The van der Waals surface area contributed by atoms with Gasteiger partial charge < -0.3 is 19.8 Å². The topological polar surface area (TPSA) is 87.1 Å². The van der Waals surface area contributed by atoms with Gasteiger partial charge in [-0.2, -0.15) is 8.78 Å². The SMILES string of the molecule is CC(C)c1cccc(C(F)(F)[C@H](O)/C=C/[C@H]2CCOC(=O)N2CCCc2ccc(C(=O)O)s2)c1. The number of hydrogen-bond donors (Lipinski definition) is 2. The molecule has 0 spiro atoms. The van der Waals surface area contributed by atoms with Gasteiger partial charge in [-0.15, -0.1) is 11.3 Å². The Morgan fingerprint density at radius 2 is 2.09 bits per heavy atom. The number of aryl methyl sites for hydroxylation is 1. The molecule has 1 aromatic heterocycles. The van der Waals surface area contributed by atoms with E-state index < -0.39 is 30.1 Å². The number of hydrogen-bond acceptors (Lipinski definition) is 5. The second kappa shape index (κ2) is 11.1. The molecule has 3 rings (SSSR count). The van der Waals surface area contributed by atoms with Crippen LogP contribution in [0, 0.1) is 0 Å². The van der Waals surface area contributed by atoms with Crippen LogP contribution in [0.3, 0.4) is 0 Å². The normalized spacial score (nSPS) is 17.9. The van der Waals surface area contributed by atoms with E-state index in [1.807, 2.05) is 13.8 Å². The molecule has 1 aromatic carbocycles. The van der Waals surface area contributed by atoms with Gasteiger partial charge in [0.05, 0.1) is 12.6 Å². The summed E-state index contributed by atoms with van der Waals surface area (Å²) in [5.41, 5.74) is 0.503. The third-order valence-electron chi connectivity index (χ3n) is 5.79. The molecule has 0 aliphatic carbocycles. The smallest absolute Gasteiger partial charge is 0.410 e. The molecule has 1 saturated heterocycles. The lowest BCUT2D eigenvalue weighted by Gasteiger charge is -2.33. The van der Waals surface area contributed by atoms with E-state index in [-0.39, 0.29) is 23.0 Å².